The van der Waals surface area contributed by atoms with Crippen LogP contribution in [0.1, 0.15) is 5.56 Å². The highest BCUT2D eigenvalue weighted by atomic mass is 35.5. The van der Waals surface area contributed by atoms with Gasteiger partial charge in [0.25, 0.3) is 0 Å². The standard InChI is InChI=1S/C10H8ClN3/c11-14-10(12)8-1-2-9-6-13-4-3-7(9)5-8/h1-6H,(H2,12,14). The predicted octanol–water partition coefficient (Wildman–Crippen LogP) is 2.09. The number of rotatable bonds is 1. The van der Waals surface area contributed by atoms with Crippen LogP contribution >= 0.6 is 11.8 Å². The van der Waals surface area contributed by atoms with E-state index in [0.29, 0.717) is 5.84 Å². The highest BCUT2D eigenvalue weighted by Crippen LogP contribution is 2.14. The average Bonchev–Trinajstić information content (AvgIpc) is 2.27. The topological polar surface area (TPSA) is 51.3 Å². The van der Waals surface area contributed by atoms with Crippen molar-refractivity contribution in [3.8, 4) is 0 Å². The molecule has 3 nitrogen and oxygen atoms in total. The van der Waals surface area contributed by atoms with Crippen molar-refractivity contribution in [2.45, 2.75) is 0 Å². The van der Waals surface area contributed by atoms with E-state index in [-0.39, 0.29) is 0 Å². The van der Waals surface area contributed by atoms with Crippen molar-refractivity contribution in [1.29, 1.82) is 0 Å². The highest BCUT2D eigenvalue weighted by Gasteiger charge is 1.99. The fraction of sp³-hybridized carbons (Fsp3) is 0. The lowest BCUT2D eigenvalue weighted by atomic mass is 10.1. The first-order chi connectivity index (χ1) is 6.81. The monoisotopic (exact) mass is 205 g/mol. The molecule has 0 spiro atoms. The lowest BCUT2D eigenvalue weighted by Crippen LogP contribution is -2.11. The molecule has 2 rings (SSSR count). The molecule has 4 heteroatoms. The maximum absolute atomic E-state index is 5.59. The normalized spacial score (nSPS) is 11.9. The van der Waals surface area contributed by atoms with E-state index < -0.39 is 0 Å². The number of nitrogens with zero attached hydrogens (tertiary/aromatic N) is 2. The Morgan fingerprint density at radius 1 is 1.29 bits per heavy atom. The molecule has 2 aromatic rings. The van der Waals surface area contributed by atoms with Crippen LogP contribution in [-0.4, -0.2) is 10.8 Å². The van der Waals surface area contributed by atoms with Crippen molar-refractivity contribution in [3.63, 3.8) is 0 Å². The third-order valence-electron chi connectivity index (χ3n) is 2.03. The quantitative estimate of drug-likeness (QED) is 0.573. The van der Waals surface area contributed by atoms with Gasteiger partial charge in [-0.2, -0.15) is 4.51 Å². The third-order valence-corrected chi connectivity index (χ3v) is 2.21. The van der Waals surface area contributed by atoms with Crippen molar-refractivity contribution in [3.05, 3.63) is 42.2 Å². The predicted molar refractivity (Wildman–Crippen MR) is 58.3 cm³/mol. The molecule has 1 aromatic heterocycles. The van der Waals surface area contributed by atoms with Crippen LogP contribution in [0.5, 0.6) is 0 Å². The summed E-state index contributed by atoms with van der Waals surface area (Å²) in [5.41, 5.74) is 6.41. The van der Waals surface area contributed by atoms with E-state index in [1.54, 1.807) is 12.4 Å². The van der Waals surface area contributed by atoms with Crippen LogP contribution in [0.25, 0.3) is 10.8 Å². The molecule has 0 saturated heterocycles. The number of pyridine rings is 1. The van der Waals surface area contributed by atoms with E-state index >= 15 is 0 Å². The van der Waals surface area contributed by atoms with Crippen molar-refractivity contribution in [2.75, 3.05) is 0 Å². The molecule has 0 saturated carbocycles. The number of fused-ring (bicyclic) bond motifs is 1. The minimum absolute atomic E-state index is 0.324. The smallest absolute Gasteiger partial charge is 0.145 e. The molecule has 70 valence electrons. The van der Waals surface area contributed by atoms with Gasteiger partial charge in [0.05, 0.1) is 0 Å². The largest absolute Gasteiger partial charge is 0.382 e. The van der Waals surface area contributed by atoms with Gasteiger partial charge < -0.3 is 5.73 Å². The molecule has 14 heavy (non-hydrogen) atoms. The number of hydrogen-bond donors (Lipinski definition) is 1. The lowest BCUT2D eigenvalue weighted by molar-refractivity contribution is 1.36. The summed E-state index contributed by atoms with van der Waals surface area (Å²) in [7, 11) is 0. The number of amidine groups is 1. The van der Waals surface area contributed by atoms with Crippen LogP contribution in [0.3, 0.4) is 0 Å². The number of halogens is 1. The summed E-state index contributed by atoms with van der Waals surface area (Å²) in [5.74, 6) is 0.324. The Hall–Kier alpha value is -1.61. The maximum atomic E-state index is 5.59. The Bertz CT molecular complexity index is 493. The molecule has 0 aliphatic heterocycles. The first-order valence-electron chi connectivity index (χ1n) is 4.10. The summed E-state index contributed by atoms with van der Waals surface area (Å²) in [6.07, 6.45) is 3.54. The molecule has 0 fully saturated rings. The van der Waals surface area contributed by atoms with Gasteiger partial charge in [-0.3, -0.25) is 4.98 Å². The molecule has 0 atom stereocenters. The Morgan fingerprint density at radius 3 is 2.93 bits per heavy atom. The van der Waals surface area contributed by atoms with Crippen LogP contribution in [0, 0.1) is 0 Å². The van der Waals surface area contributed by atoms with Gasteiger partial charge in [-0.05, 0) is 17.5 Å². The van der Waals surface area contributed by atoms with E-state index in [4.69, 9.17) is 17.5 Å². The van der Waals surface area contributed by atoms with Gasteiger partial charge in [-0.1, -0.05) is 12.1 Å². The molecule has 0 amide bonds. The first kappa shape index (κ1) is 8.97. The van der Waals surface area contributed by atoms with Gasteiger partial charge in [0, 0.05) is 35.1 Å². The Morgan fingerprint density at radius 2 is 2.14 bits per heavy atom. The van der Waals surface area contributed by atoms with E-state index in [0.717, 1.165) is 16.3 Å². The second kappa shape index (κ2) is 3.64. The zero-order chi connectivity index (χ0) is 9.97. The number of aromatic nitrogens is 1. The van der Waals surface area contributed by atoms with E-state index in [1.807, 2.05) is 24.3 Å². The fourth-order valence-electron chi connectivity index (χ4n) is 1.29. The van der Waals surface area contributed by atoms with E-state index in [9.17, 15) is 0 Å². The minimum Gasteiger partial charge on any atom is -0.382 e. The van der Waals surface area contributed by atoms with E-state index in [1.165, 1.54) is 0 Å². The zero-order valence-electron chi connectivity index (χ0n) is 7.31. The highest BCUT2D eigenvalue weighted by molar-refractivity contribution is 6.22. The van der Waals surface area contributed by atoms with Crippen LogP contribution < -0.4 is 5.73 Å². The summed E-state index contributed by atoms with van der Waals surface area (Å²) in [5, 5.41) is 2.14. The molecule has 1 aromatic carbocycles. The zero-order valence-corrected chi connectivity index (χ0v) is 8.07. The summed E-state index contributed by atoms with van der Waals surface area (Å²) in [6, 6.07) is 7.65. The molecule has 2 N–H and O–H groups in total. The third kappa shape index (κ3) is 1.54. The van der Waals surface area contributed by atoms with Crippen LogP contribution in [-0.2, 0) is 0 Å². The summed E-state index contributed by atoms with van der Waals surface area (Å²) >= 11 is 5.29. The van der Waals surface area contributed by atoms with Crippen molar-refractivity contribution in [2.24, 2.45) is 10.2 Å². The van der Waals surface area contributed by atoms with Gasteiger partial charge in [0.15, 0.2) is 0 Å². The summed E-state index contributed by atoms with van der Waals surface area (Å²) < 4.78 is 3.42. The number of hydrogen-bond acceptors (Lipinski definition) is 2. The molecule has 0 aliphatic carbocycles. The average molecular weight is 206 g/mol. The Balaban J connectivity index is 2.62. The van der Waals surface area contributed by atoms with Crippen LogP contribution in [0.15, 0.2) is 41.2 Å². The molecular formula is C10H8ClN3. The molecular weight excluding hydrogens is 198 g/mol. The fourth-order valence-corrected chi connectivity index (χ4v) is 1.39. The summed E-state index contributed by atoms with van der Waals surface area (Å²) in [6.45, 7) is 0. The number of benzene rings is 1. The van der Waals surface area contributed by atoms with Gasteiger partial charge in [-0.15, -0.1) is 0 Å². The molecule has 0 unspecified atom stereocenters. The first-order valence-corrected chi connectivity index (χ1v) is 4.43. The van der Waals surface area contributed by atoms with Crippen molar-refractivity contribution >= 4 is 28.4 Å². The van der Waals surface area contributed by atoms with Crippen LogP contribution in [0.2, 0.25) is 0 Å². The van der Waals surface area contributed by atoms with Gasteiger partial charge in [0.2, 0.25) is 0 Å². The minimum atomic E-state index is 0.324. The SMILES string of the molecule is NC(=NCl)c1ccc2cnccc2c1. The van der Waals surface area contributed by atoms with Gasteiger partial charge in [-0.25, -0.2) is 0 Å². The van der Waals surface area contributed by atoms with Gasteiger partial charge >= 0.3 is 0 Å². The summed E-state index contributed by atoms with van der Waals surface area (Å²) in [4.78, 5) is 4.02. The van der Waals surface area contributed by atoms with Gasteiger partial charge in [0.1, 0.15) is 5.84 Å². The number of nitrogens with two attached hydrogens (primary N) is 1. The molecule has 1 heterocycles. The Kier molecular flexibility index (Phi) is 2.33. The molecule has 0 radical (unpaired) electrons. The van der Waals surface area contributed by atoms with Crippen molar-refractivity contribution in [1.82, 2.24) is 4.98 Å². The van der Waals surface area contributed by atoms with Crippen LogP contribution in [0.4, 0.5) is 0 Å². The second-order valence-electron chi connectivity index (χ2n) is 2.91. The second-order valence-corrected chi connectivity index (χ2v) is 3.08. The van der Waals surface area contributed by atoms with E-state index in [2.05, 4.69) is 9.50 Å². The maximum Gasteiger partial charge on any atom is 0.145 e. The lowest BCUT2D eigenvalue weighted by Gasteiger charge is -2.00. The Labute approximate surface area is 86.3 Å². The molecule has 0 bridgehead atoms. The molecule has 0 aliphatic rings. The van der Waals surface area contributed by atoms with Crippen molar-refractivity contribution < 1.29 is 0 Å².